The molecule has 2 rings (SSSR count). The van der Waals surface area contributed by atoms with Crippen molar-refractivity contribution in [1.82, 2.24) is 25.1 Å². The van der Waals surface area contributed by atoms with Crippen LogP contribution >= 0.6 is 11.3 Å². The summed E-state index contributed by atoms with van der Waals surface area (Å²) in [7, 11) is 0. The summed E-state index contributed by atoms with van der Waals surface area (Å²) < 4.78 is 1.52. The number of carbonyl (C=O) groups is 1. The fourth-order valence-electron chi connectivity index (χ4n) is 1.33. The number of thiazole rings is 1. The minimum absolute atomic E-state index is 0.0941. The van der Waals surface area contributed by atoms with Gasteiger partial charge in [0.2, 0.25) is 5.91 Å². The van der Waals surface area contributed by atoms with Crippen LogP contribution in [0.3, 0.4) is 0 Å². The normalized spacial score (nSPS) is 12.4. The van der Waals surface area contributed by atoms with E-state index in [0.717, 1.165) is 10.7 Å². The molecule has 17 heavy (non-hydrogen) atoms. The molecule has 0 aliphatic heterocycles. The number of aryl methyl sites for hydroxylation is 1. The molecule has 1 unspecified atom stereocenters. The molecule has 1 N–H and O–H groups in total. The molecule has 0 radical (unpaired) electrons. The van der Waals surface area contributed by atoms with Gasteiger partial charge in [0.1, 0.15) is 23.7 Å². The molecule has 2 heterocycles. The Kier molecular flexibility index (Phi) is 3.48. The Labute approximate surface area is 103 Å². The Bertz CT molecular complexity index is 493. The van der Waals surface area contributed by atoms with Crippen LogP contribution < -0.4 is 5.32 Å². The summed E-state index contributed by atoms with van der Waals surface area (Å²) in [4.78, 5) is 19.9. The van der Waals surface area contributed by atoms with Crippen molar-refractivity contribution in [2.24, 2.45) is 0 Å². The molecule has 0 fully saturated rings. The number of aromatic nitrogens is 4. The SMILES string of the molecule is Cc1csc(CNC(=O)C(C)n2cncn2)n1. The van der Waals surface area contributed by atoms with Crippen LogP contribution in [0.15, 0.2) is 18.0 Å². The molecule has 0 aromatic carbocycles. The van der Waals surface area contributed by atoms with Crippen LogP contribution in [0.1, 0.15) is 23.7 Å². The molecule has 1 amide bonds. The van der Waals surface area contributed by atoms with Crippen LogP contribution in [0.25, 0.3) is 0 Å². The van der Waals surface area contributed by atoms with Gasteiger partial charge in [0.15, 0.2) is 0 Å². The number of rotatable bonds is 4. The zero-order chi connectivity index (χ0) is 12.3. The summed E-state index contributed by atoms with van der Waals surface area (Å²) in [6.07, 6.45) is 2.94. The van der Waals surface area contributed by atoms with E-state index in [1.54, 1.807) is 18.3 Å². The fraction of sp³-hybridized carbons (Fsp3) is 0.400. The number of carbonyl (C=O) groups excluding carboxylic acids is 1. The lowest BCUT2D eigenvalue weighted by atomic mass is 10.3. The maximum Gasteiger partial charge on any atom is 0.244 e. The molecule has 0 bridgehead atoms. The highest BCUT2D eigenvalue weighted by molar-refractivity contribution is 7.09. The van der Waals surface area contributed by atoms with E-state index >= 15 is 0 Å². The van der Waals surface area contributed by atoms with Gasteiger partial charge in [-0.25, -0.2) is 14.6 Å². The van der Waals surface area contributed by atoms with Gasteiger partial charge in [-0.05, 0) is 13.8 Å². The molecule has 90 valence electrons. The van der Waals surface area contributed by atoms with E-state index in [4.69, 9.17) is 0 Å². The Hall–Kier alpha value is -1.76. The topological polar surface area (TPSA) is 72.7 Å². The van der Waals surface area contributed by atoms with Crippen LogP contribution in [-0.4, -0.2) is 25.7 Å². The molecule has 0 aliphatic rings. The Morgan fingerprint density at radius 1 is 1.65 bits per heavy atom. The number of nitrogens with zero attached hydrogens (tertiary/aromatic N) is 4. The summed E-state index contributed by atoms with van der Waals surface area (Å²) in [5.41, 5.74) is 0.976. The lowest BCUT2D eigenvalue weighted by Gasteiger charge is -2.10. The van der Waals surface area contributed by atoms with E-state index in [0.29, 0.717) is 6.54 Å². The monoisotopic (exact) mass is 251 g/mol. The van der Waals surface area contributed by atoms with Crippen molar-refractivity contribution in [3.8, 4) is 0 Å². The van der Waals surface area contributed by atoms with Gasteiger partial charge < -0.3 is 5.32 Å². The van der Waals surface area contributed by atoms with Crippen molar-refractivity contribution in [3.63, 3.8) is 0 Å². The summed E-state index contributed by atoms with van der Waals surface area (Å²) in [6.45, 7) is 4.16. The third-order valence-electron chi connectivity index (χ3n) is 2.29. The predicted molar refractivity (Wildman–Crippen MR) is 63.4 cm³/mol. The smallest absolute Gasteiger partial charge is 0.244 e. The molecule has 2 aromatic heterocycles. The highest BCUT2D eigenvalue weighted by Gasteiger charge is 2.15. The Morgan fingerprint density at radius 2 is 2.47 bits per heavy atom. The van der Waals surface area contributed by atoms with Gasteiger partial charge in [-0.2, -0.15) is 5.10 Å². The molecule has 1 atom stereocenters. The standard InChI is InChI=1S/C10H13N5OS/c1-7-4-17-9(14-7)3-12-10(16)8(2)15-6-11-5-13-15/h4-6,8H,3H2,1-2H3,(H,12,16). The highest BCUT2D eigenvalue weighted by Crippen LogP contribution is 2.09. The molecule has 2 aromatic rings. The fourth-order valence-corrected chi connectivity index (χ4v) is 2.04. The van der Waals surface area contributed by atoms with Crippen molar-refractivity contribution in [2.75, 3.05) is 0 Å². The second kappa shape index (κ2) is 5.05. The quantitative estimate of drug-likeness (QED) is 0.877. The van der Waals surface area contributed by atoms with E-state index in [2.05, 4.69) is 20.4 Å². The molecular formula is C10H13N5OS. The molecule has 7 heteroatoms. The van der Waals surface area contributed by atoms with Crippen LogP contribution in [0.2, 0.25) is 0 Å². The zero-order valence-electron chi connectivity index (χ0n) is 9.62. The molecule has 0 saturated carbocycles. The molecule has 6 nitrogen and oxygen atoms in total. The van der Waals surface area contributed by atoms with Gasteiger partial charge in [0.05, 0.1) is 6.54 Å². The summed E-state index contributed by atoms with van der Waals surface area (Å²) in [5, 5.41) is 9.61. The summed E-state index contributed by atoms with van der Waals surface area (Å²) in [5.74, 6) is -0.0941. The van der Waals surface area contributed by atoms with Gasteiger partial charge in [0.25, 0.3) is 0 Å². The summed E-state index contributed by atoms with van der Waals surface area (Å²) in [6, 6.07) is -0.362. The number of hydrogen-bond donors (Lipinski definition) is 1. The highest BCUT2D eigenvalue weighted by atomic mass is 32.1. The van der Waals surface area contributed by atoms with Crippen molar-refractivity contribution in [3.05, 3.63) is 28.7 Å². The van der Waals surface area contributed by atoms with E-state index in [-0.39, 0.29) is 11.9 Å². The van der Waals surface area contributed by atoms with Crippen molar-refractivity contribution in [2.45, 2.75) is 26.4 Å². The van der Waals surface area contributed by atoms with Crippen LogP contribution in [0.4, 0.5) is 0 Å². The van der Waals surface area contributed by atoms with E-state index in [1.165, 1.54) is 17.3 Å². The lowest BCUT2D eigenvalue weighted by Crippen LogP contribution is -2.30. The third kappa shape index (κ3) is 2.88. The number of amides is 1. The van der Waals surface area contributed by atoms with Gasteiger partial charge in [-0.1, -0.05) is 0 Å². The van der Waals surface area contributed by atoms with Crippen LogP contribution in [-0.2, 0) is 11.3 Å². The second-order valence-electron chi connectivity index (χ2n) is 3.65. The predicted octanol–water partition coefficient (Wildman–Crippen LogP) is 0.920. The first-order valence-electron chi connectivity index (χ1n) is 5.19. The van der Waals surface area contributed by atoms with Crippen molar-refractivity contribution >= 4 is 17.2 Å². The zero-order valence-corrected chi connectivity index (χ0v) is 10.4. The molecule has 0 spiro atoms. The van der Waals surface area contributed by atoms with Crippen LogP contribution in [0.5, 0.6) is 0 Å². The van der Waals surface area contributed by atoms with E-state index in [1.807, 2.05) is 12.3 Å². The van der Waals surface area contributed by atoms with Crippen LogP contribution in [0, 0.1) is 6.92 Å². The molecule has 0 saturated heterocycles. The maximum atomic E-state index is 11.8. The number of nitrogens with one attached hydrogen (secondary N) is 1. The second-order valence-corrected chi connectivity index (χ2v) is 4.59. The largest absolute Gasteiger partial charge is 0.348 e. The summed E-state index contributed by atoms with van der Waals surface area (Å²) >= 11 is 1.54. The average Bonchev–Trinajstić information content (AvgIpc) is 2.95. The van der Waals surface area contributed by atoms with E-state index < -0.39 is 0 Å². The first-order valence-corrected chi connectivity index (χ1v) is 6.07. The Balaban J connectivity index is 1.89. The van der Waals surface area contributed by atoms with E-state index in [9.17, 15) is 4.79 Å². The first kappa shape index (κ1) is 11.7. The van der Waals surface area contributed by atoms with Gasteiger partial charge in [0, 0.05) is 11.1 Å². The Morgan fingerprint density at radius 3 is 3.06 bits per heavy atom. The number of hydrogen-bond acceptors (Lipinski definition) is 5. The first-order chi connectivity index (χ1) is 8.16. The van der Waals surface area contributed by atoms with Gasteiger partial charge in [-0.15, -0.1) is 11.3 Å². The molecular weight excluding hydrogens is 238 g/mol. The lowest BCUT2D eigenvalue weighted by molar-refractivity contribution is -0.124. The average molecular weight is 251 g/mol. The maximum absolute atomic E-state index is 11.8. The van der Waals surface area contributed by atoms with Crippen molar-refractivity contribution < 1.29 is 4.79 Å². The minimum Gasteiger partial charge on any atom is -0.348 e. The molecule has 0 aliphatic carbocycles. The van der Waals surface area contributed by atoms with Gasteiger partial charge in [-0.3, -0.25) is 4.79 Å². The van der Waals surface area contributed by atoms with Crippen molar-refractivity contribution in [1.29, 1.82) is 0 Å². The third-order valence-corrected chi connectivity index (χ3v) is 3.26. The van der Waals surface area contributed by atoms with Gasteiger partial charge >= 0.3 is 0 Å². The minimum atomic E-state index is -0.362.